The van der Waals surface area contributed by atoms with Crippen LogP contribution in [-0.4, -0.2) is 62.9 Å². The molecule has 0 unspecified atom stereocenters. The second-order valence-electron chi connectivity index (χ2n) is 6.27. The standard InChI is InChI=1S/C19H24N2O5S/c1-2-3-4-6-19(22)20-9-11-21(12-10-20)27(23,24)16-7-8-17-18(15-16)26-14-5-13-25-17/h2-4,6-8,15H,5,9-14H2,1H3/b3-2+,6-4+. The summed E-state index contributed by atoms with van der Waals surface area (Å²) in [6.07, 6.45) is 7.55. The van der Waals surface area contributed by atoms with E-state index in [2.05, 4.69) is 0 Å². The van der Waals surface area contributed by atoms with Gasteiger partial charge < -0.3 is 14.4 Å². The monoisotopic (exact) mass is 392 g/mol. The van der Waals surface area contributed by atoms with Crippen LogP contribution in [0, 0.1) is 0 Å². The van der Waals surface area contributed by atoms with Crippen LogP contribution in [0.3, 0.4) is 0 Å². The van der Waals surface area contributed by atoms with Crippen molar-refractivity contribution in [3.05, 3.63) is 42.5 Å². The van der Waals surface area contributed by atoms with Crippen LogP contribution in [-0.2, 0) is 14.8 Å². The predicted octanol–water partition coefficient (Wildman–Crippen LogP) is 1.81. The van der Waals surface area contributed by atoms with E-state index in [-0.39, 0.29) is 23.9 Å². The molecule has 1 saturated heterocycles. The molecule has 2 aliphatic heterocycles. The average molecular weight is 392 g/mol. The molecule has 0 atom stereocenters. The van der Waals surface area contributed by atoms with Crippen LogP contribution in [0.2, 0.25) is 0 Å². The van der Waals surface area contributed by atoms with E-state index in [4.69, 9.17) is 9.47 Å². The van der Waals surface area contributed by atoms with E-state index >= 15 is 0 Å². The number of piperazine rings is 1. The number of amides is 1. The molecule has 0 spiro atoms. The Hall–Kier alpha value is -2.32. The first-order valence-electron chi connectivity index (χ1n) is 9.00. The van der Waals surface area contributed by atoms with Gasteiger partial charge >= 0.3 is 0 Å². The summed E-state index contributed by atoms with van der Waals surface area (Å²) in [6.45, 7) is 4.18. The maximum Gasteiger partial charge on any atom is 0.246 e. The lowest BCUT2D eigenvalue weighted by molar-refractivity contribution is -0.127. The lowest BCUT2D eigenvalue weighted by atomic mass is 10.3. The summed E-state index contributed by atoms with van der Waals surface area (Å²) in [5.74, 6) is 0.909. The number of carbonyl (C=O) groups excluding carboxylic acids is 1. The molecule has 1 amide bonds. The van der Waals surface area contributed by atoms with E-state index < -0.39 is 10.0 Å². The SMILES string of the molecule is C/C=C/C=C/C(=O)N1CCN(S(=O)(=O)c2ccc3c(c2)OCCCO3)CC1. The van der Waals surface area contributed by atoms with Crippen molar-refractivity contribution in [2.45, 2.75) is 18.2 Å². The van der Waals surface area contributed by atoms with Gasteiger partial charge in [-0.25, -0.2) is 8.42 Å². The second kappa shape index (κ2) is 8.58. The molecule has 1 aromatic carbocycles. The summed E-state index contributed by atoms with van der Waals surface area (Å²) < 4.78 is 38.5. The van der Waals surface area contributed by atoms with Crippen LogP contribution in [0.4, 0.5) is 0 Å². The number of ether oxygens (including phenoxy) is 2. The van der Waals surface area contributed by atoms with Crippen LogP contribution in [0.25, 0.3) is 0 Å². The molecule has 2 heterocycles. The largest absolute Gasteiger partial charge is 0.490 e. The van der Waals surface area contributed by atoms with Gasteiger partial charge in [-0.15, -0.1) is 0 Å². The molecule has 0 bridgehead atoms. The summed E-state index contributed by atoms with van der Waals surface area (Å²) in [5, 5.41) is 0. The molecule has 3 rings (SSSR count). The highest BCUT2D eigenvalue weighted by atomic mass is 32.2. The van der Waals surface area contributed by atoms with Crippen molar-refractivity contribution in [3.63, 3.8) is 0 Å². The first kappa shape index (κ1) is 19.4. The van der Waals surface area contributed by atoms with Crippen LogP contribution in [0.1, 0.15) is 13.3 Å². The Bertz CT molecular complexity index is 840. The Morgan fingerprint density at radius 3 is 2.44 bits per heavy atom. The molecule has 0 N–H and O–H groups in total. The van der Waals surface area contributed by atoms with Crippen molar-refractivity contribution in [2.24, 2.45) is 0 Å². The van der Waals surface area contributed by atoms with Crippen molar-refractivity contribution < 1.29 is 22.7 Å². The lowest BCUT2D eigenvalue weighted by Crippen LogP contribution is -2.50. The van der Waals surface area contributed by atoms with Crippen LogP contribution < -0.4 is 9.47 Å². The first-order chi connectivity index (χ1) is 13.0. The summed E-state index contributed by atoms with van der Waals surface area (Å²) in [5.41, 5.74) is 0. The zero-order chi connectivity index (χ0) is 19.3. The third kappa shape index (κ3) is 4.51. The van der Waals surface area contributed by atoms with Gasteiger partial charge in [0.25, 0.3) is 0 Å². The normalized spacial score (nSPS) is 18.8. The summed E-state index contributed by atoms with van der Waals surface area (Å²) in [6, 6.07) is 4.70. The zero-order valence-corrected chi connectivity index (χ0v) is 16.2. The van der Waals surface area contributed by atoms with Gasteiger partial charge in [0.15, 0.2) is 11.5 Å². The summed E-state index contributed by atoms with van der Waals surface area (Å²) in [4.78, 5) is 13.9. The average Bonchev–Trinajstić information content (AvgIpc) is 2.93. The maximum absolute atomic E-state index is 12.9. The van der Waals surface area contributed by atoms with E-state index in [9.17, 15) is 13.2 Å². The highest BCUT2D eigenvalue weighted by molar-refractivity contribution is 7.89. The van der Waals surface area contributed by atoms with Crippen molar-refractivity contribution in [1.82, 2.24) is 9.21 Å². The molecule has 8 heteroatoms. The minimum Gasteiger partial charge on any atom is -0.490 e. The smallest absolute Gasteiger partial charge is 0.246 e. The van der Waals surface area contributed by atoms with E-state index in [1.165, 1.54) is 16.4 Å². The van der Waals surface area contributed by atoms with E-state index in [0.717, 1.165) is 6.42 Å². The number of nitrogens with zero attached hydrogens (tertiary/aromatic N) is 2. The minimum atomic E-state index is -3.65. The summed E-state index contributed by atoms with van der Waals surface area (Å²) >= 11 is 0. The van der Waals surface area contributed by atoms with Gasteiger partial charge in [0.05, 0.1) is 18.1 Å². The minimum absolute atomic E-state index is 0.110. The number of benzene rings is 1. The van der Waals surface area contributed by atoms with E-state index in [1.54, 1.807) is 29.2 Å². The number of hydrogen-bond donors (Lipinski definition) is 0. The molecule has 1 fully saturated rings. The molecule has 27 heavy (non-hydrogen) atoms. The van der Waals surface area contributed by atoms with E-state index in [0.29, 0.717) is 37.8 Å². The highest BCUT2D eigenvalue weighted by Crippen LogP contribution is 2.33. The van der Waals surface area contributed by atoms with Crippen LogP contribution in [0.15, 0.2) is 47.4 Å². The number of rotatable bonds is 4. The number of carbonyl (C=O) groups is 1. The molecule has 2 aliphatic rings. The van der Waals surface area contributed by atoms with Gasteiger partial charge in [-0.05, 0) is 19.1 Å². The van der Waals surface area contributed by atoms with Gasteiger partial charge in [-0.3, -0.25) is 4.79 Å². The van der Waals surface area contributed by atoms with Crippen LogP contribution >= 0.6 is 0 Å². The molecule has 0 aromatic heterocycles. The van der Waals surface area contributed by atoms with Crippen molar-refractivity contribution in [2.75, 3.05) is 39.4 Å². The number of allylic oxidation sites excluding steroid dienone is 3. The first-order valence-corrected chi connectivity index (χ1v) is 10.4. The Morgan fingerprint density at radius 2 is 1.74 bits per heavy atom. The number of hydrogen-bond acceptors (Lipinski definition) is 5. The summed E-state index contributed by atoms with van der Waals surface area (Å²) in [7, 11) is -3.65. The predicted molar refractivity (Wildman–Crippen MR) is 101 cm³/mol. The molecule has 0 saturated carbocycles. The Balaban J connectivity index is 1.68. The Morgan fingerprint density at radius 1 is 1.04 bits per heavy atom. The zero-order valence-electron chi connectivity index (χ0n) is 15.3. The van der Waals surface area contributed by atoms with Gasteiger partial charge in [0.1, 0.15) is 0 Å². The molecule has 0 aliphatic carbocycles. The Labute approximate surface area is 159 Å². The van der Waals surface area contributed by atoms with Gasteiger partial charge in [-0.1, -0.05) is 18.2 Å². The fraction of sp³-hybridized carbons (Fsp3) is 0.421. The molecule has 0 radical (unpaired) electrons. The number of sulfonamides is 1. The molecule has 146 valence electrons. The molecule has 7 nitrogen and oxygen atoms in total. The molecular weight excluding hydrogens is 368 g/mol. The third-order valence-electron chi connectivity index (χ3n) is 4.45. The topological polar surface area (TPSA) is 76.2 Å². The van der Waals surface area contributed by atoms with Crippen molar-refractivity contribution >= 4 is 15.9 Å². The van der Waals surface area contributed by atoms with Crippen LogP contribution in [0.5, 0.6) is 11.5 Å². The van der Waals surface area contributed by atoms with Gasteiger partial charge in [0.2, 0.25) is 15.9 Å². The quantitative estimate of drug-likeness (QED) is 0.577. The Kier molecular flexibility index (Phi) is 6.18. The maximum atomic E-state index is 12.9. The fourth-order valence-electron chi connectivity index (χ4n) is 2.96. The van der Waals surface area contributed by atoms with Crippen molar-refractivity contribution in [3.8, 4) is 11.5 Å². The highest BCUT2D eigenvalue weighted by Gasteiger charge is 2.30. The molecule has 1 aromatic rings. The van der Waals surface area contributed by atoms with E-state index in [1.807, 2.05) is 13.0 Å². The van der Waals surface area contributed by atoms with Crippen molar-refractivity contribution in [1.29, 1.82) is 0 Å². The second-order valence-corrected chi connectivity index (χ2v) is 8.21. The van der Waals surface area contributed by atoms with Gasteiger partial charge in [0, 0.05) is 44.7 Å². The fourth-order valence-corrected chi connectivity index (χ4v) is 4.39. The third-order valence-corrected chi connectivity index (χ3v) is 6.34. The number of fused-ring (bicyclic) bond motifs is 1. The lowest BCUT2D eigenvalue weighted by Gasteiger charge is -2.33. The molecular formula is C19H24N2O5S. The van der Waals surface area contributed by atoms with Gasteiger partial charge in [-0.2, -0.15) is 4.31 Å².